The zero-order valence-corrected chi connectivity index (χ0v) is 16.9. The van der Waals surface area contributed by atoms with Gasteiger partial charge in [-0.3, -0.25) is 0 Å². The number of nitrogens with one attached hydrogen (secondary N) is 1. The zero-order valence-electron chi connectivity index (χ0n) is 16.9. The first-order valence-corrected chi connectivity index (χ1v) is 10.6. The van der Waals surface area contributed by atoms with Crippen LogP contribution in [0.3, 0.4) is 0 Å². The van der Waals surface area contributed by atoms with Crippen molar-refractivity contribution in [3.05, 3.63) is 30.5 Å². The van der Waals surface area contributed by atoms with Crippen molar-refractivity contribution in [2.24, 2.45) is 5.92 Å². The van der Waals surface area contributed by atoms with Crippen LogP contribution < -0.4 is 14.8 Å². The van der Waals surface area contributed by atoms with Crippen LogP contribution in [0.2, 0.25) is 0 Å². The van der Waals surface area contributed by atoms with Gasteiger partial charge in [0, 0.05) is 12.2 Å². The van der Waals surface area contributed by atoms with Gasteiger partial charge in [0.25, 0.3) is 0 Å². The third kappa shape index (κ3) is 4.97. The van der Waals surface area contributed by atoms with Gasteiger partial charge in [-0.25, -0.2) is 4.98 Å². The SMILES string of the molecule is C[C@H]1CC[C@H](Nc2ncc(-c3ccc(OCC#N)cc3)c(OC3CCC3)n2)CC1. The zero-order chi connectivity index (χ0) is 20.1. The van der Waals surface area contributed by atoms with E-state index in [-0.39, 0.29) is 12.7 Å². The number of rotatable bonds is 7. The highest BCUT2D eigenvalue weighted by Gasteiger charge is 2.23. The minimum Gasteiger partial charge on any atom is -0.479 e. The van der Waals surface area contributed by atoms with Crippen molar-refractivity contribution in [3.8, 4) is 28.8 Å². The molecule has 0 atom stereocenters. The number of anilines is 1. The van der Waals surface area contributed by atoms with Gasteiger partial charge in [-0.2, -0.15) is 10.2 Å². The van der Waals surface area contributed by atoms with Gasteiger partial charge in [-0.15, -0.1) is 0 Å². The van der Waals surface area contributed by atoms with E-state index in [4.69, 9.17) is 19.7 Å². The number of hydrogen-bond donors (Lipinski definition) is 1. The minimum atomic E-state index is 0.0405. The van der Waals surface area contributed by atoms with E-state index in [9.17, 15) is 0 Å². The lowest BCUT2D eigenvalue weighted by Gasteiger charge is -2.28. The fraction of sp³-hybridized carbons (Fsp3) is 0.522. The topological polar surface area (TPSA) is 80.1 Å². The molecule has 0 saturated heterocycles. The Morgan fingerprint density at radius 1 is 1.10 bits per heavy atom. The molecule has 29 heavy (non-hydrogen) atoms. The maximum Gasteiger partial charge on any atom is 0.226 e. The molecule has 2 fully saturated rings. The first kappa shape index (κ1) is 19.5. The summed E-state index contributed by atoms with van der Waals surface area (Å²) in [6, 6.07) is 10.0. The van der Waals surface area contributed by atoms with Crippen LogP contribution in [-0.4, -0.2) is 28.7 Å². The number of nitrogens with zero attached hydrogens (tertiary/aromatic N) is 3. The molecule has 0 radical (unpaired) electrons. The molecule has 2 aliphatic rings. The largest absolute Gasteiger partial charge is 0.479 e. The molecule has 152 valence electrons. The molecule has 2 saturated carbocycles. The van der Waals surface area contributed by atoms with Crippen LogP contribution in [0.1, 0.15) is 51.9 Å². The Bertz CT molecular complexity index is 850. The number of nitriles is 1. The maximum absolute atomic E-state index is 8.65. The Balaban J connectivity index is 1.53. The summed E-state index contributed by atoms with van der Waals surface area (Å²) in [5.41, 5.74) is 1.85. The number of aromatic nitrogens is 2. The number of hydrogen-bond acceptors (Lipinski definition) is 6. The van der Waals surface area contributed by atoms with E-state index in [0.29, 0.717) is 23.6 Å². The predicted molar refractivity (Wildman–Crippen MR) is 112 cm³/mol. The van der Waals surface area contributed by atoms with Gasteiger partial charge in [0.05, 0.1) is 5.56 Å². The fourth-order valence-electron chi connectivity index (χ4n) is 3.80. The first-order chi connectivity index (χ1) is 14.2. The smallest absolute Gasteiger partial charge is 0.226 e. The summed E-state index contributed by atoms with van der Waals surface area (Å²) in [5.74, 6) is 2.77. The van der Waals surface area contributed by atoms with Crippen LogP contribution in [-0.2, 0) is 0 Å². The molecule has 1 aromatic carbocycles. The lowest BCUT2D eigenvalue weighted by Crippen LogP contribution is -2.27. The molecule has 1 aromatic heterocycles. The molecular formula is C23H28N4O2. The van der Waals surface area contributed by atoms with Crippen LogP contribution in [0, 0.1) is 17.2 Å². The Labute approximate surface area is 172 Å². The minimum absolute atomic E-state index is 0.0405. The second-order valence-electron chi connectivity index (χ2n) is 8.16. The van der Waals surface area contributed by atoms with Gasteiger partial charge in [0.15, 0.2) is 6.61 Å². The summed E-state index contributed by atoms with van der Waals surface area (Å²) in [5, 5.41) is 12.2. The van der Waals surface area contributed by atoms with Crippen LogP contribution >= 0.6 is 0 Å². The highest BCUT2D eigenvalue weighted by atomic mass is 16.5. The van der Waals surface area contributed by atoms with Gasteiger partial charge in [0.1, 0.15) is 17.9 Å². The van der Waals surface area contributed by atoms with Crippen molar-refractivity contribution in [1.82, 2.24) is 9.97 Å². The fourth-order valence-corrected chi connectivity index (χ4v) is 3.80. The lowest BCUT2D eigenvalue weighted by molar-refractivity contribution is 0.115. The van der Waals surface area contributed by atoms with E-state index in [1.54, 1.807) is 0 Å². The molecule has 6 nitrogen and oxygen atoms in total. The van der Waals surface area contributed by atoms with Gasteiger partial charge < -0.3 is 14.8 Å². The Morgan fingerprint density at radius 3 is 2.52 bits per heavy atom. The van der Waals surface area contributed by atoms with Crippen LogP contribution in [0.4, 0.5) is 5.95 Å². The molecule has 1 N–H and O–H groups in total. The molecule has 4 rings (SSSR count). The van der Waals surface area contributed by atoms with Crippen LogP contribution in [0.5, 0.6) is 11.6 Å². The van der Waals surface area contributed by atoms with E-state index in [1.807, 2.05) is 36.5 Å². The Morgan fingerprint density at radius 2 is 1.86 bits per heavy atom. The van der Waals surface area contributed by atoms with Crippen molar-refractivity contribution >= 4 is 5.95 Å². The first-order valence-electron chi connectivity index (χ1n) is 10.6. The van der Waals surface area contributed by atoms with Crippen molar-refractivity contribution in [2.45, 2.75) is 64.0 Å². The lowest BCUT2D eigenvalue weighted by atomic mass is 9.87. The number of benzene rings is 1. The molecule has 0 bridgehead atoms. The molecule has 0 spiro atoms. The molecule has 0 aliphatic heterocycles. The summed E-state index contributed by atoms with van der Waals surface area (Å²) in [6.07, 6.45) is 10.3. The normalized spacial score (nSPS) is 21.7. The Hall–Kier alpha value is -2.81. The average molecular weight is 393 g/mol. The monoisotopic (exact) mass is 392 g/mol. The molecule has 0 unspecified atom stereocenters. The van der Waals surface area contributed by atoms with Crippen molar-refractivity contribution in [1.29, 1.82) is 5.26 Å². The summed E-state index contributed by atoms with van der Waals surface area (Å²) >= 11 is 0. The van der Waals surface area contributed by atoms with E-state index >= 15 is 0 Å². The van der Waals surface area contributed by atoms with E-state index in [1.165, 1.54) is 19.3 Å². The molecule has 2 aliphatic carbocycles. The summed E-state index contributed by atoms with van der Waals surface area (Å²) in [4.78, 5) is 9.31. The Kier molecular flexibility index (Phi) is 6.14. The molecule has 6 heteroatoms. The van der Waals surface area contributed by atoms with Crippen molar-refractivity contribution in [3.63, 3.8) is 0 Å². The molecular weight excluding hydrogens is 364 g/mol. The average Bonchev–Trinajstić information content (AvgIpc) is 2.71. The maximum atomic E-state index is 8.65. The summed E-state index contributed by atoms with van der Waals surface area (Å²) in [6.45, 7) is 2.36. The predicted octanol–water partition coefficient (Wildman–Crippen LogP) is 4.97. The highest BCUT2D eigenvalue weighted by molar-refractivity contribution is 5.69. The quantitative estimate of drug-likeness (QED) is 0.717. The molecule has 0 amide bonds. The van der Waals surface area contributed by atoms with Crippen molar-refractivity contribution < 1.29 is 9.47 Å². The second-order valence-corrected chi connectivity index (χ2v) is 8.16. The number of ether oxygens (including phenoxy) is 2. The molecule has 2 aromatic rings. The van der Waals surface area contributed by atoms with Gasteiger partial charge >= 0.3 is 0 Å². The summed E-state index contributed by atoms with van der Waals surface area (Å²) < 4.78 is 11.6. The van der Waals surface area contributed by atoms with E-state index in [2.05, 4.69) is 17.2 Å². The molecule has 1 heterocycles. The van der Waals surface area contributed by atoms with Crippen LogP contribution in [0.15, 0.2) is 30.5 Å². The van der Waals surface area contributed by atoms with Gasteiger partial charge in [-0.05, 0) is 68.6 Å². The summed E-state index contributed by atoms with van der Waals surface area (Å²) in [7, 11) is 0. The van der Waals surface area contributed by atoms with E-state index in [0.717, 1.165) is 42.7 Å². The van der Waals surface area contributed by atoms with Gasteiger partial charge in [-0.1, -0.05) is 19.1 Å². The van der Waals surface area contributed by atoms with Gasteiger partial charge in [0.2, 0.25) is 11.8 Å². The third-order valence-electron chi connectivity index (χ3n) is 5.90. The van der Waals surface area contributed by atoms with Crippen molar-refractivity contribution in [2.75, 3.05) is 11.9 Å². The highest BCUT2D eigenvalue weighted by Crippen LogP contribution is 2.34. The third-order valence-corrected chi connectivity index (χ3v) is 5.90. The second kappa shape index (κ2) is 9.13. The standard InChI is InChI=1S/C23H28N4O2/c1-16-5-9-18(10-6-16)26-23-25-15-21(22(27-23)29-20-3-2-4-20)17-7-11-19(12-8-17)28-14-13-24/h7-8,11-12,15-16,18,20H,2-6,9-10,14H2,1H3,(H,25,26,27)/t16-,18-. The van der Waals surface area contributed by atoms with Crippen LogP contribution in [0.25, 0.3) is 11.1 Å². The van der Waals surface area contributed by atoms with E-state index < -0.39 is 0 Å².